The topological polar surface area (TPSA) is 95.9 Å². The minimum atomic E-state index is -0.780. The van der Waals surface area contributed by atoms with Crippen LogP contribution in [0.1, 0.15) is 233 Å². The third-order valence-electron chi connectivity index (χ3n) is 10.1. The molecule has 0 heterocycles. The van der Waals surface area contributed by atoms with Crippen LogP contribution >= 0.6 is 0 Å². The lowest BCUT2D eigenvalue weighted by Crippen LogP contribution is -2.46. The van der Waals surface area contributed by atoms with Crippen LogP contribution in [0, 0.1) is 0 Å². The number of aliphatic hydroxyl groups is 2. The summed E-state index contributed by atoms with van der Waals surface area (Å²) in [6.45, 7) is 6.39. The molecule has 0 saturated heterocycles. The predicted molar refractivity (Wildman–Crippen MR) is 213 cm³/mol. The van der Waals surface area contributed by atoms with E-state index >= 15 is 0 Å². The Labute approximate surface area is 310 Å². The summed E-state index contributed by atoms with van der Waals surface area (Å²) in [4.78, 5) is 25.8. The zero-order valence-corrected chi connectivity index (χ0v) is 33.5. The second-order valence-electron chi connectivity index (χ2n) is 15.1. The average Bonchev–Trinajstić information content (AvgIpc) is 3.10. The van der Waals surface area contributed by atoms with Crippen LogP contribution in [0.3, 0.4) is 0 Å². The number of amides is 1. The molecule has 0 aromatic carbocycles. The van der Waals surface area contributed by atoms with Crippen LogP contribution < -0.4 is 5.32 Å². The number of nitrogens with one attached hydrogen (secondary N) is 1. The molecular formula is C44H85NO5. The van der Waals surface area contributed by atoms with Gasteiger partial charge in [0.15, 0.2) is 0 Å². The van der Waals surface area contributed by atoms with Crippen LogP contribution in [-0.4, -0.2) is 46.9 Å². The molecule has 1 amide bonds. The third-order valence-corrected chi connectivity index (χ3v) is 10.1. The molecule has 0 aliphatic heterocycles. The van der Waals surface area contributed by atoms with E-state index in [0.717, 1.165) is 57.8 Å². The van der Waals surface area contributed by atoms with Gasteiger partial charge in [0.25, 0.3) is 0 Å². The molecule has 3 N–H and O–H groups in total. The van der Waals surface area contributed by atoms with Crippen LogP contribution in [0.4, 0.5) is 0 Å². The Bertz CT molecular complexity index is 757. The van der Waals surface area contributed by atoms with Crippen molar-refractivity contribution < 1.29 is 24.5 Å². The fraction of sp³-hybridized carbons (Fsp3) is 0.909. The first kappa shape index (κ1) is 48.6. The molecule has 3 unspecified atom stereocenters. The van der Waals surface area contributed by atoms with E-state index in [1.165, 1.54) is 128 Å². The van der Waals surface area contributed by atoms with Crippen molar-refractivity contribution in [2.45, 2.75) is 251 Å². The first-order valence-corrected chi connectivity index (χ1v) is 21.9. The van der Waals surface area contributed by atoms with E-state index in [1.807, 2.05) is 0 Å². The molecule has 6 nitrogen and oxygen atoms in total. The maximum absolute atomic E-state index is 13.1. The van der Waals surface area contributed by atoms with E-state index in [1.54, 1.807) is 0 Å². The van der Waals surface area contributed by atoms with E-state index in [9.17, 15) is 19.8 Å². The maximum Gasteiger partial charge on any atom is 0.306 e. The molecule has 50 heavy (non-hydrogen) atoms. The second kappa shape index (κ2) is 38.8. The Morgan fingerprint density at radius 3 is 1.50 bits per heavy atom. The lowest BCUT2D eigenvalue weighted by molar-refractivity contribution is -0.151. The first-order valence-electron chi connectivity index (χ1n) is 21.9. The van der Waals surface area contributed by atoms with Crippen molar-refractivity contribution in [3.05, 3.63) is 12.2 Å². The summed E-state index contributed by atoms with van der Waals surface area (Å²) in [5, 5.41) is 23.6. The zero-order chi connectivity index (χ0) is 36.8. The standard InChI is InChI=1S/C44H85NO5/c1-4-7-10-13-16-19-21-22-24-27-30-33-36-42(47)41(39-46)45-43(48)38-40(35-32-29-26-23-18-15-12-9-6-3)50-44(49)37-34-31-28-25-20-17-14-11-8-5-2/h11,14,40-42,46-47H,4-10,12-13,15-39H2,1-3H3,(H,45,48)/b14-11-. The second-order valence-corrected chi connectivity index (χ2v) is 15.1. The van der Waals surface area contributed by atoms with Gasteiger partial charge >= 0.3 is 5.97 Å². The fourth-order valence-corrected chi connectivity index (χ4v) is 6.73. The normalized spacial score (nSPS) is 13.5. The molecular weight excluding hydrogens is 622 g/mol. The summed E-state index contributed by atoms with van der Waals surface area (Å²) in [5.74, 6) is -0.480. The monoisotopic (exact) mass is 708 g/mol. The van der Waals surface area contributed by atoms with Gasteiger partial charge in [0.1, 0.15) is 6.10 Å². The third kappa shape index (κ3) is 33.7. The molecule has 296 valence electrons. The number of carbonyl (C=O) groups is 2. The summed E-state index contributed by atoms with van der Waals surface area (Å²) in [7, 11) is 0. The Balaban J connectivity index is 4.52. The van der Waals surface area contributed by atoms with Crippen LogP contribution in [0.2, 0.25) is 0 Å². The van der Waals surface area contributed by atoms with E-state index in [4.69, 9.17) is 4.74 Å². The average molecular weight is 708 g/mol. The molecule has 3 atom stereocenters. The molecule has 0 spiro atoms. The molecule has 0 aliphatic rings. The minimum absolute atomic E-state index is 0.0795. The molecule has 0 bridgehead atoms. The Morgan fingerprint density at radius 2 is 1.00 bits per heavy atom. The van der Waals surface area contributed by atoms with Crippen molar-refractivity contribution in [1.82, 2.24) is 5.32 Å². The highest BCUT2D eigenvalue weighted by Crippen LogP contribution is 2.18. The van der Waals surface area contributed by atoms with Crippen molar-refractivity contribution in [2.75, 3.05) is 6.61 Å². The highest BCUT2D eigenvalue weighted by Gasteiger charge is 2.24. The van der Waals surface area contributed by atoms with Gasteiger partial charge in [-0.05, 0) is 44.9 Å². The van der Waals surface area contributed by atoms with Gasteiger partial charge < -0.3 is 20.3 Å². The number of aliphatic hydroxyl groups excluding tert-OH is 2. The number of hydrogen-bond acceptors (Lipinski definition) is 5. The number of rotatable bonds is 39. The molecule has 0 fully saturated rings. The fourth-order valence-electron chi connectivity index (χ4n) is 6.73. The first-order chi connectivity index (χ1) is 24.5. The van der Waals surface area contributed by atoms with Crippen molar-refractivity contribution in [2.24, 2.45) is 0 Å². The zero-order valence-electron chi connectivity index (χ0n) is 33.5. The largest absolute Gasteiger partial charge is 0.462 e. The predicted octanol–water partition coefficient (Wildman–Crippen LogP) is 12.2. The molecule has 6 heteroatoms. The van der Waals surface area contributed by atoms with Crippen molar-refractivity contribution in [3.63, 3.8) is 0 Å². The van der Waals surface area contributed by atoms with Crippen molar-refractivity contribution in [1.29, 1.82) is 0 Å². The molecule has 0 aromatic rings. The van der Waals surface area contributed by atoms with Gasteiger partial charge in [0.05, 0.1) is 25.2 Å². The summed E-state index contributed by atoms with van der Waals surface area (Å²) in [6.07, 6.45) is 39.9. The van der Waals surface area contributed by atoms with Crippen molar-refractivity contribution >= 4 is 11.9 Å². The van der Waals surface area contributed by atoms with Gasteiger partial charge in [0.2, 0.25) is 5.91 Å². The minimum Gasteiger partial charge on any atom is -0.462 e. The number of ether oxygens (including phenoxy) is 1. The van der Waals surface area contributed by atoms with Gasteiger partial charge in [0, 0.05) is 6.42 Å². The van der Waals surface area contributed by atoms with Gasteiger partial charge in [-0.1, -0.05) is 187 Å². The van der Waals surface area contributed by atoms with Gasteiger partial charge in [-0.3, -0.25) is 9.59 Å². The van der Waals surface area contributed by atoms with E-state index < -0.39 is 18.2 Å². The lowest BCUT2D eigenvalue weighted by atomic mass is 10.0. The number of carbonyl (C=O) groups excluding carboxylic acids is 2. The molecule has 0 aromatic heterocycles. The van der Waals surface area contributed by atoms with Crippen molar-refractivity contribution in [3.8, 4) is 0 Å². The van der Waals surface area contributed by atoms with Gasteiger partial charge in [-0.2, -0.15) is 0 Å². The number of allylic oxidation sites excluding steroid dienone is 2. The maximum atomic E-state index is 13.1. The van der Waals surface area contributed by atoms with Gasteiger partial charge in [-0.15, -0.1) is 0 Å². The van der Waals surface area contributed by atoms with E-state index in [0.29, 0.717) is 19.3 Å². The smallest absolute Gasteiger partial charge is 0.306 e. The highest BCUT2D eigenvalue weighted by atomic mass is 16.5. The van der Waals surface area contributed by atoms with Crippen LogP contribution in [0.5, 0.6) is 0 Å². The van der Waals surface area contributed by atoms with Crippen LogP contribution in [0.25, 0.3) is 0 Å². The summed E-state index contributed by atoms with van der Waals surface area (Å²) in [6, 6.07) is -0.693. The summed E-state index contributed by atoms with van der Waals surface area (Å²) >= 11 is 0. The molecule has 0 radical (unpaired) electrons. The highest BCUT2D eigenvalue weighted by molar-refractivity contribution is 5.77. The quantitative estimate of drug-likeness (QED) is 0.0336. The molecule has 0 saturated carbocycles. The lowest BCUT2D eigenvalue weighted by Gasteiger charge is -2.24. The van der Waals surface area contributed by atoms with Crippen LogP contribution in [0.15, 0.2) is 12.2 Å². The number of unbranched alkanes of at least 4 members (excludes halogenated alkanes) is 25. The van der Waals surface area contributed by atoms with E-state index in [2.05, 4.69) is 38.2 Å². The molecule has 0 aliphatic carbocycles. The number of hydrogen-bond donors (Lipinski definition) is 3. The summed E-state index contributed by atoms with van der Waals surface area (Å²) < 4.78 is 5.87. The Hall–Kier alpha value is -1.40. The van der Waals surface area contributed by atoms with E-state index in [-0.39, 0.29) is 24.9 Å². The number of esters is 1. The van der Waals surface area contributed by atoms with Crippen LogP contribution in [-0.2, 0) is 14.3 Å². The van der Waals surface area contributed by atoms with Gasteiger partial charge in [-0.25, -0.2) is 0 Å². The SMILES string of the molecule is CCC/C=C\CCCCCCCC(=O)OC(CCCCCCCCCCC)CC(=O)NC(CO)C(O)CCCCCCCCCCCCCC. The molecule has 0 rings (SSSR count). The Kier molecular flexibility index (Phi) is 37.7. The Morgan fingerprint density at radius 1 is 0.560 bits per heavy atom. The summed E-state index contributed by atoms with van der Waals surface area (Å²) in [5.41, 5.74) is 0.